The first-order chi connectivity index (χ1) is 8.41. The van der Waals surface area contributed by atoms with Gasteiger partial charge in [0.1, 0.15) is 0 Å². The fourth-order valence-electron chi connectivity index (χ4n) is 2.15. The number of hydrogen-bond acceptors (Lipinski definition) is 3. The first kappa shape index (κ1) is 15.4. The average molecular weight is 270 g/mol. The second-order valence-corrected chi connectivity index (χ2v) is 5.58. The molecule has 1 aromatic carbocycles. The molecule has 0 aliphatic carbocycles. The van der Waals surface area contributed by atoms with E-state index >= 15 is 0 Å². The molecule has 0 heterocycles. The lowest BCUT2D eigenvalue weighted by atomic mass is 9.99. The third kappa shape index (κ3) is 4.58. The number of likely N-dealkylation sites (N-methyl/N-ethyl adjacent to an activating group) is 2. The highest BCUT2D eigenvalue weighted by Gasteiger charge is 2.21. The van der Waals surface area contributed by atoms with Gasteiger partial charge in [0.15, 0.2) is 0 Å². The van der Waals surface area contributed by atoms with Crippen molar-refractivity contribution in [3.63, 3.8) is 0 Å². The molecule has 1 rings (SSSR count). The molecule has 0 aliphatic heterocycles. The molecule has 0 amide bonds. The molecule has 0 radical (unpaired) electrons. The smallest absolute Gasteiger partial charge is 0.0494 e. The summed E-state index contributed by atoms with van der Waals surface area (Å²) < 4.78 is 0. The lowest BCUT2D eigenvalue weighted by Gasteiger charge is -2.32. The van der Waals surface area contributed by atoms with Gasteiger partial charge in [-0.1, -0.05) is 23.7 Å². The molecule has 3 nitrogen and oxygen atoms in total. The Labute approximate surface area is 116 Å². The minimum Gasteiger partial charge on any atom is -0.326 e. The molecule has 1 aromatic rings. The molecule has 0 saturated heterocycles. The van der Waals surface area contributed by atoms with Crippen LogP contribution in [0.25, 0.3) is 0 Å². The molecular formula is C14H24ClN3. The van der Waals surface area contributed by atoms with E-state index in [1.165, 1.54) is 5.56 Å². The third-order valence-electron chi connectivity index (χ3n) is 3.06. The van der Waals surface area contributed by atoms with Crippen LogP contribution < -0.4 is 5.73 Å². The van der Waals surface area contributed by atoms with E-state index in [2.05, 4.69) is 37.0 Å². The van der Waals surface area contributed by atoms with E-state index in [0.717, 1.165) is 18.1 Å². The van der Waals surface area contributed by atoms with Crippen molar-refractivity contribution < 1.29 is 0 Å². The zero-order valence-electron chi connectivity index (χ0n) is 11.7. The second-order valence-electron chi connectivity index (χ2n) is 5.14. The standard InChI is InChI=1S/C14H24ClN3/c1-11(16)14(18(4)9-8-17(2)3)12-6-5-7-13(15)10-12/h5-7,10-11,14H,8-9,16H2,1-4H3. The first-order valence-corrected chi connectivity index (χ1v) is 6.65. The van der Waals surface area contributed by atoms with Crippen LogP contribution in [0, 0.1) is 0 Å². The van der Waals surface area contributed by atoms with Crippen LogP contribution in [0.15, 0.2) is 24.3 Å². The van der Waals surface area contributed by atoms with Crippen molar-refractivity contribution >= 4 is 11.6 Å². The number of rotatable bonds is 6. The van der Waals surface area contributed by atoms with Gasteiger partial charge in [-0.05, 0) is 45.8 Å². The number of halogens is 1. The van der Waals surface area contributed by atoms with Crippen LogP contribution in [-0.4, -0.2) is 50.1 Å². The Bertz CT molecular complexity index is 366. The van der Waals surface area contributed by atoms with Gasteiger partial charge in [0.2, 0.25) is 0 Å². The molecular weight excluding hydrogens is 246 g/mol. The maximum Gasteiger partial charge on any atom is 0.0494 e. The van der Waals surface area contributed by atoms with E-state index in [1.807, 2.05) is 25.1 Å². The highest BCUT2D eigenvalue weighted by Crippen LogP contribution is 2.24. The zero-order valence-corrected chi connectivity index (χ0v) is 12.5. The molecule has 2 N–H and O–H groups in total. The predicted octanol–water partition coefficient (Wildman–Crippen LogP) is 2.22. The van der Waals surface area contributed by atoms with Gasteiger partial charge in [-0.3, -0.25) is 4.90 Å². The Hall–Kier alpha value is -0.610. The SMILES string of the molecule is CC(N)C(c1cccc(Cl)c1)N(C)CCN(C)C. The predicted molar refractivity (Wildman–Crippen MR) is 79.0 cm³/mol. The summed E-state index contributed by atoms with van der Waals surface area (Å²) >= 11 is 6.06. The van der Waals surface area contributed by atoms with Gasteiger partial charge in [-0.2, -0.15) is 0 Å². The van der Waals surface area contributed by atoms with E-state index in [0.29, 0.717) is 0 Å². The minimum atomic E-state index is 0.0654. The molecule has 0 aliphatic rings. The van der Waals surface area contributed by atoms with E-state index in [9.17, 15) is 0 Å². The van der Waals surface area contributed by atoms with Gasteiger partial charge < -0.3 is 10.6 Å². The number of benzene rings is 1. The maximum absolute atomic E-state index is 6.13. The van der Waals surface area contributed by atoms with Crippen LogP contribution in [0.2, 0.25) is 5.02 Å². The van der Waals surface area contributed by atoms with Gasteiger partial charge in [0, 0.05) is 30.2 Å². The largest absolute Gasteiger partial charge is 0.326 e. The molecule has 2 atom stereocenters. The van der Waals surface area contributed by atoms with Crippen LogP contribution in [-0.2, 0) is 0 Å². The molecule has 102 valence electrons. The lowest BCUT2D eigenvalue weighted by molar-refractivity contribution is 0.198. The zero-order chi connectivity index (χ0) is 13.7. The van der Waals surface area contributed by atoms with E-state index < -0.39 is 0 Å². The Balaban J connectivity index is 2.82. The van der Waals surface area contributed by atoms with Gasteiger partial charge in [-0.25, -0.2) is 0 Å². The topological polar surface area (TPSA) is 32.5 Å². The molecule has 0 saturated carbocycles. The van der Waals surface area contributed by atoms with Gasteiger partial charge in [0.25, 0.3) is 0 Å². The molecule has 18 heavy (non-hydrogen) atoms. The summed E-state index contributed by atoms with van der Waals surface area (Å²) in [5.41, 5.74) is 7.31. The van der Waals surface area contributed by atoms with Crippen molar-refractivity contribution in [2.45, 2.75) is 19.0 Å². The Kier molecular flexibility index (Phi) is 6.09. The molecule has 0 spiro atoms. The molecule has 2 unspecified atom stereocenters. The van der Waals surface area contributed by atoms with E-state index in [-0.39, 0.29) is 12.1 Å². The number of nitrogens with zero attached hydrogens (tertiary/aromatic N) is 2. The van der Waals surface area contributed by atoms with Crippen molar-refractivity contribution in [1.29, 1.82) is 0 Å². The maximum atomic E-state index is 6.13. The molecule has 0 bridgehead atoms. The van der Waals surface area contributed by atoms with Crippen molar-refractivity contribution in [2.75, 3.05) is 34.2 Å². The number of nitrogens with two attached hydrogens (primary N) is 1. The van der Waals surface area contributed by atoms with Crippen molar-refractivity contribution in [2.24, 2.45) is 5.73 Å². The van der Waals surface area contributed by atoms with Crippen LogP contribution in [0.5, 0.6) is 0 Å². The van der Waals surface area contributed by atoms with E-state index in [1.54, 1.807) is 0 Å². The van der Waals surface area contributed by atoms with Crippen molar-refractivity contribution in [3.8, 4) is 0 Å². The second kappa shape index (κ2) is 7.10. The van der Waals surface area contributed by atoms with Gasteiger partial charge in [-0.15, -0.1) is 0 Å². The Morgan fingerprint density at radius 1 is 1.22 bits per heavy atom. The summed E-state index contributed by atoms with van der Waals surface area (Å²) in [6.45, 7) is 4.03. The Morgan fingerprint density at radius 2 is 1.89 bits per heavy atom. The van der Waals surface area contributed by atoms with E-state index in [4.69, 9.17) is 17.3 Å². The van der Waals surface area contributed by atoms with Crippen LogP contribution in [0.1, 0.15) is 18.5 Å². The molecule has 4 heteroatoms. The summed E-state index contributed by atoms with van der Waals surface area (Å²) in [6.07, 6.45) is 0. The molecule has 0 fully saturated rings. The highest BCUT2D eigenvalue weighted by molar-refractivity contribution is 6.30. The van der Waals surface area contributed by atoms with Crippen LogP contribution in [0.3, 0.4) is 0 Å². The lowest BCUT2D eigenvalue weighted by Crippen LogP contribution is -2.40. The summed E-state index contributed by atoms with van der Waals surface area (Å²) in [4.78, 5) is 4.46. The summed E-state index contributed by atoms with van der Waals surface area (Å²) in [5.74, 6) is 0. The summed E-state index contributed by atoms with van der Waals surface area (Å²) in [7, 11) is 6.26. The minimum absolute atomic E-state index is 0.0654. The van der Waals surface area contributed by atoms with Crippen molar-refractivity contribution in [3.05, 3.63) is 34.9 Å². The van der Waals surface area contributed by atoms with Crippen LogP contribution in [0.4, 0.5) is 0 Å². The quantitative estimate of drug-likeness (QED) is 0.860. The fourth-order valence-corrected chi connectivity index (χ4v) is 2.35. The average Bonchev–Trinajstić information content (AvgIpc) is 2.26. The monoisotopic (exact) mass is 269 g/mol. The normalized spacial score (nSPS) is 15.1. The number of hydrogen-bond donors (Lipinski definition) is 1. The summed E-state index contributed by atoms with van der Waals surface area (Å²) in [6, 6.07) is 8.23. The fraction of sp³-hybridized carbons (Fsp3) is 0.571. The van der Waals surface area contributed by atoms with Gasteiger partial charge >= 0.3 is 0 Å². The van der Waals surface area contributed by atoms with Crippen molar-refractivity contribution in [1.82, 2.24) is 9.80 Å². The third-order valence-corrected chi connectivity index (χ3v) is 3.30. The van der Waals surface area contributed by atoms with Gasteiger partial charge in [0.05, 0.1) is 0 Å². The highest BCUT2D eigenvalue weighted by atomic mass is 35.5. The van der Waals surface area contributed by atoms with Crippen LogP contribution >= 0.6 is 11.6 Å². The Morgan fingerprint density at radius 3 is 2.39 bits per heavy atom. The summed E-state index contributed by atoms with van der Waals surface area (Å²) in [5, 5.41) is 0.763. The first-order valence-electron chi connectivity index (χ1n) is 6.28. The molecule has 0 aromatic heterocycles.